The Hall–Kier alpha value is -0.240. The molecule has 3 heteroatoms. The normalized spacial score (nSPS) is 47.1. The number of alkyl halides is 1. The fraction of sp³-hybridized carbons (Fsp3) is 0.933. The first-order valence-electron chi connectivity index (χ1n) is 7.32. The van der Waals surface area contributed by atoms with Crippen LogP contribution in [0.25, 0.3) is 0 Å². The van der Waals surface area contributed by atoms with E-state index in [0.29, 0.717) is 6.61 Å². The van der Waals surface area contributed by atoms with E-state index in [9.17, 15) is 4.79 Å². The van der Waals surface area contributed by atoms with Gasteiger partial charge in [-0.25, -0.2) is 0 Å². The van der Waals surface area contributed by atoms with Gasteiger partial charge in [-0.15, -0.1) is 11.6 Å². The summed E-state index contributed by atoms with van der Waals surface area (Å²) >= 11 is 6.79. The van der Waals surface area contributed by atoms with Gasteiger partial charge < -0.3 is 4.74 Å². The summed E-state index contributed by atoms with van der Waals surface area (Å²) in [7, 11) is 0. The second kappa shape index (κ2) is 4.13. The van der Waals surface area contributed by atoms with Crippen molar-refractivity contribution in [2.75, 3.05) is 6.61 Å². The third-order valence-corrected chi connectivity index (χ3v) is 6.04. The number of carbonyl (C=O) groups is 1. The lowest BCUT2D eigenvalue weighted by Gasteiger charge is -2.61. The zero-order chi connectivity index (χ0) is 13.0. The molecule has 4 bridgehead atoms. The number of hydrogen-bond donors (Lipinski definition) is 0. The van der Waals surface area contributed by atoms with E-state index in [1.165, 1.54) is 32.1 Å². The van der Waals surface area contributed by atoms with Crippen molar-refractivity contribution in [3.63, 3.8) is 0 Å². The van der Waals surface area contributed by atoms with Gasteiger partial charge in [0.1, 0.15) is 0 Å². The first kappa shape index (κ1) is 12.8. The zero-order valence-electron chi connectivity index (χ0n) is 11.4. The van der Waals surface area contributed by atoms with Crippen LogP contribution in [0.3, 0.4) is 0 Å². The summed E-state index contributed by atoms with van der Waals surface area (Å²) < 4.78 is 5.24. The Morgan fingerprint density at radius 3 is 2.44 bits per heavy atom. The van der Waals surface area contributed by atoms with Gasteiger partial charge >= 0.3 is 5.97 Å². The Balaban J connectivity index is 1.84. The quantitative estimate of drug-likeness (QED) is 0.576. The van der Waals surface area contributed by atoms with Gasteiger partial charge in [0.2, 0.25) is 0 Å². The fourth-order valence-electron chi connectivity index (χ4n) is 5.24. The maximum absolute atomic E-state index is 12.1. The lowest BCUT2D eigenvalue weighted by molar-refractivity contribution is -0.160. The van der Waals surface area contributed by atoms with Gasteiger partial charge in [0, 0.05) is 4.87 Å². The summed E-state index contributed by atoms with van der Waals surface area (Å²) in [4.78, 5) is 12.1. The summed E-state index contributed by atoms with van der Waals surface area (Å²) in [6.45, 7) is 4.43. The highest BCUT2D eigenvalue weighted by molar-refractivity contribution is 6.24. The summed E-state index contributed by atoms with van der Waals surface area (Å²) in [5, 5.41) is 0. The number of hydrogen-bond acceptors (Lipinski definition) is 2. The molecule has 18 heavy (non-hydrogen) atoms. The first-order chi connectivity index (χ1) is 8.46. The van der Waals surface area contributed by atoms with Crippen molar-refractivity contribution in [1.29, 1.82) is 0 Å². The molecule has 4 saturated carbocycles. The molecule has 0 spiro atoms. The van der Waals surface area contributed by atoms with Crippen LogP contribution in [-0.4, -0.2) is 17.5 Å². The second-order valence-electron chi connectivity index (χ2n) is 6.95. The average molecular weight is 271 g/mol. The predicted octanol–water partition coefficient (Wildman–Crippen LogP) is 3.76. The molecule has 2 nitrogen and oxygen atoms in total. The van der Waals surface area contributed by atoms with Gasteiger partial charge in [0.25, 0.3) is 0 Å². The van der Waals surface area contributed by atoms with Gasteiger partial charge in [-0.3, -0.25) is 4.79 Å². The molecule has 3 atom stereocenters. The molecular weight excluding hydrogens is 248 g/mol. The highest BCUT2D eigenvalue weighted by Gasteiger charge is 2.60. The van der Waals surface area contributed by atoms with Crippen LogP contribution >= 0.6 is 11.6 Å². The lowest BCUT2D eigenvalue weighted by atomic mass is 9.46. The predicted molar refractivity (Wildman–Crippen MR) is 71.5 cm³/mol. The van der Waals surface area contributed by atoms with Crippen LogP contribution in [0.15, 0.2) is 0 Å². The molecule has 3 unspecified atom stereocenters. The van der Waals surface area contributed by atoms with Crippen molar-refractivity contribution in [2.45, 2.75) is 57.2 Å². The third-order valence-electron chi connectivity index (χ3n) is 5.59. The minimum atomic E-state index is -0.0142. The first-order valence-corrected chi connectivity index (χ1v) is 7.70. The maximum atomic E-state index is 12.1. The van der Waals surface area contributed by atoms with E-state index in [4.69, 9.17) is 16.3 Å². The number of esters is 1. The van der Waals surface area contributed by atoms with Crippen molar-refractivity contribution in [3.8, 4) is 0 Å². The van der Waals surface area contributed by atoms with Crippen LogP contribution in [0.4, 0.5) is 0 Å². The monoisotopic (exact) mass is 270 g/mol. The Morgan fingerprint density at radius 2 is 1.94 bits per heavy atom. The van der Waals surface area contributed by atoms with E-state index < -0.39 is 0 Å². The van der Waals surface area contributed by atoms with Crippen LogP contribution in [0.1, 0.15) is 52.4 Å². The lowest BCUT2D eigenvalue weighted by Crippen LogP contribution is -2.56. The minimum Gasteiger partial charge on any atom is -0.466 e. The number of rotatable bonds is 3. The molecule has 0 radical (unpaired) electrons. The highest BCUT2D eigenvalue weighted by Crippen LogP contribution is 2.66. The van der Waals surface area contributed by atoms with Crippen molar-refractivity contribution in [1.82, 2.24) is 0 Å². The summed E-state index contributed by atoms with van der Waals surface area (Å²) in [6.07, 6.45) is 7.08. The Bertz CT molecular complexity index is 352. The van der Waals surface area contributed by atoms with Gasteiger partial charge in [0.05, 0.1) is 12.5 Å². The van der Waals surface area contributed by atoms with E-state index in [1.54, 1.807) is 0 Å². The SMILES string of the molecule is CCOC(=O)C(C)C12CC3CC(CC(Cl)(C3)C1)C2. The standard InChI is InChI=1S/C15H23ClO2/c1-3-18-13(17)10(2)14-5-11-4-12(6-14)8-15(16,7-11)9-14/h10-12H,3-9H2,1-2H3. The molecule has 0 aliphatic heterocycles. The van der Waals surface area contributed by atoms with Crippen molar-refractivity contribution in [3.05, 3.63) is 0 Å². The van der Waals surface area contributed by atoms with Crippen LogP contribution in [0, 0.1) is 23.2 Å². The molecule has 0 aromatic rings. The third kappa shape index (κ3) is 1.88. The van der Waals surface area contributed by atoms with E-state index in [-0.39, 0.29) is 22.2 Å². The van der Waals surface area contributed by atoms with E-state index in [1.807, 2.05) is 6.92 Å². The van der Waals surface area contributed by atoms with Crippen molar-refractivity contribution in [2.24, 2.45) is 23.2 Å². The molecule has 0 amide bonds. The highest BCUT2D eigenvalue weighted by atomic mass is 35.5. The molecular formula is C15H23ClO2. The smallest absolute Gasteiger partial charge is 0.309 e. The second-order valence-corrected chi connectivity index (χ2v) is 7.75. The number of halogens is 1. The van der Waals surface area contributed by atoms with Crippen molar-refractivity contribution >= 4 is 17.6 Å². The fourth-order valence-corrected chi connectivity index (χ4v) is 5.95. The molecule has 0 aromatic heterocycles. The number of ether oxygens (including phenoxy) is 1. The molecule has 4 rings (SSSR count). The van der Waals surface area contributed by atoms with Gasteiger partial charge in [-0.05, 0) is 62.7 Å². The maximum Gasteiger partial charge on any atom is 0.309 e. The Morgan fingerprint density at radius 1 is 1.33 bits per heavy atom. The number of carbonyl (C=O) groups excluding carboxylic acids is 1. The molecule has 102 valence electrons. The Kier molecular flexibility index (Phi) is 2.93. The Labute approximate surface area is 114 Å². The van der Waals surface area contributed by atoms with Crippen LogP contribution in [0.5, 0.6) is 0 Å². The largest absolute Gasteiger partial charge is 0.466 e. The molecule has 4 aliphatic carbocycles. The van der Waals surface area contributed by atoms with Crippen molar-refractivity contribution < 1.29 is 9.53 Å². The van der Waals surface area contributed by atoms with E-state index in [0.717, 1.165) is 18.3 Å². The minimum absolute atomic E-state index is 0.00909. The van der Waals surface area contributed by atoms with E-state index in [2.05, 4.69) is 6.92 Å². The van der Waals surface area contributed by atoms with Crippen LogP contribution < -0.4 is 0 Å². The summed E-state index contributed by atoms with van der Waals surface area (Å²) in [5.74, 6) is 1.50. The van der Waals surface area contributed by atoms with Gasteiger partial charge in [0.15, 0.2) is 0 Å². The van der Waals surface area contributed by atoms with Crippen LogP contribution in [0.2, 0.25) is 0 Å². The van der Waals surface area contributed by atoms with E-state index >= 15 is 0 Å². The molecule has 0 heterocycles. The molecule has 0 aromatic carbocycles. The molecule has 4 aliphatic rings. The molecule has 4 fully saturated rings. The summed E-state index contributed by atoms with van der Waals surface area (Å²) in [5.41, 5.74) is 0.137. The van der Waals surface area contributed by atoms with Gasteiger partial charge in [-0.2, -0.15) is 0 Å². The van der Waals surface area contributed by atoms with Crippen LogP contribution in [-0.2, 0) is 9.53 Å². The summed E-state index contributed by atoms with van der Waals surface area (Å²) in [6, 6.07) is 0. The molecule has 0 N–H and O–H groups in total. The van der Waals surface area contributed by atoms with Gasteiger partial charge in [-0.1, -0.05) is 6.92 Å². The molecule has 0 saturated heterocycles. The topological polar surface area (TPSA) is 26.3 Å². The zero-order valence-corrected chi connectivity index (χ0v) is 12.1. The average Bonchev–Trinajstić information content (AvgIpc) is 2.24.